The number of carbonyl (C=O) groups excluding carboxylic acids is 2. The highest BCUT2D eigenvalue weighted by Gasteiger charge is 2.23. The van der Waals surface area contributed by atoms with E-state index in [1.165, 1.54) is 4.88 Å². The Morgan fingerprint density at radius 1 is 1.06 bits per heavy atom. The van der Waals surface area contributed by atoms with Crippen molar-refractivity contribution >= 4 is 39.9 Å². The molecule has 1 unspecified atom stereocenters. The number of amides is 3. The standard InChI is InChI=1S/C25H24N4O2S/c30-24(16-5-3-6-18(13-16)29-25(31)28-17-10-11-17)27-15-21(23-9-4-12-32-23)20-14-26-22-8-2-1-7-19(20)22/h1-9,12-14,17,21,26H,10-11,15H2,(H,27,30)(H2,28,29,31). The summed E-state index contributed by atoms with van der Waals surface area (Å²) in [5, 5.41) is 12.0. The number of aromatic amines is 1. The van der Waals surface area contributed by atoms with Gasteiger partial charge < -0.3 is 20.9 Å². The molecule has 4 aromatic rings. The van der Waals surface area contributed by atoms with Crippen molar-refractivity contribution in [3.63, 3.8) is 0 Å². The number of aromatic nitrogens is 1. The molecule has 1 aliphatic carbocycles. The minimum Gasteiger partial charge on any atom is -0.361 e. The summed E-state index contributed by atoms with van der Waals surface area (Å²) in [6, 6.07) is 19.4. The second-order valence-electron chi connectivity index (χ2n) is 8.02. The molecule has 1 saturated carbocycles. The molecule has 0 radical (unpaired) electrons. The van der Waals surface area contributed by atoms with Crippen LogP contribution in [-0.2, 0) is 0 Å². The van der Waals surface area contributed by atoms with E-state index in [1.807, 2.05) is 24.4 Å². The zero-order valence-electron chi connectivity index (χ0n) is 17.4. The first-order valence-electron chi connectivity index (χ1n) is 10.7. The number of thiophene rings is 1. The second kappa shape index (κ2) is 8.88. The zero-order valence-corrected chi connectivity index (χ0v) is 18.2. The predicted molar refractivity (Wildman–Crippen MR) is 128 cm³/mol. The van der Waals surface area contributed by atoms with Gasteiger partial charge in [-0.05, 0) is 54.1 Å². The Morgan fingerprint density at radius 3 is 2.75 bits per heavy atom. The third kappa shape index (κ3) is 4.53. The highest BCUT2D eigenvalue weighted by Crippen LogP contribution is 2.33. The maximum atomic E-state index is 12.9. The molecule has 162 valence electrons. The first kappa shape index (κ1) is 20.3. The maximum absolute atomic E-state index is 12.9. The summed E-state index contributed by atoms with van der Waals surface area (Å²) in [7, 11) is 0. The Hall–Kier alpha value is -3.58. The number of benzene rings is 2. The fourth-order valence-electron chi connectivity index (χ4n) is 3.85. The van der Waals surface area contributed by atoms with Crippen LogP contribution in [0.15, 0.2) is 72.2 Å². The summed E-state index contributed by atoms with van der Waals surface area (Å²) in [6.07, 6.45) is 4.08. The predicted octanol–water partition coefficient (Wildman–Crippen LogP) is 5.08. The van der Waals surface area contributed by atoms with Gasteiger partial charge in [-0.2, -0.15) is 0 Å². The molecule has 2 heterocycles. The summed E-state index contributed by atoms with van der Waals surface area (Å²) in [5.74, 6) is -0.127. The number of H-pyrrole nitrogens is 1. The van der Waals surface area contributed by atoms with Gasteiger partial charge in [-0.25, -0.2) is 4.79 Å². The van der Waals surface area contributed by atoms with E-state index in [-0.39, 0.29) is 23.9 Å². The van der Waals surface area contributed by atoms with E-state index in [1.54, 1.807) is 35.6 Å². The van der Waals surface area contributed by atoms with Crippen molar-refractivity contribution in [3.8, 4) is 0 Å². The summed E-state index contributed by atoms with van der Waals surface area (Å²) in [4.78, 5) is 29.5. The topological polar surface area (TPSA) is 86.0 Å². The molecular formula is C25H24N4O2S. The monoisotopic (exact) mass is 444 g/mol. The molecule has 5 rings (SSSR count). The van der Waals surface area contributed by atoms with Gasteiger partial charge in [-0.15, -0.1) is 11.3 Å². The van der Waals surface area contributed by atoms with E-state index in [9.17, 15) is 9.59 Å². The van der Waals surface area contributed by atoms with Crippen LogP contribution in [-0.4, -0.2) is 29.5 Å². The van der Waals surface area contributed by atoms with E-state index >= 15 is 0 Å². The van der Waals surface area contributed by atoms with Crippen LogP contribution in [0.25, 0.3) is 10.9 Å². The summed E-state index contributed by atoms with van der Waals surface area (Å²) in [6.45, 7) is 0.473. The Balaban J connectivity index is 1.31. The number of para-hydroxylation sites is 1. The van der Waals surface area contributed by atoms with Gasteiger partial charge >= 0.3 is 6.03 Å². The molecule has 4 N–H and O–H groups in total. The van der Waals surface area contributed by atoms with Gasteiger partial charge in [0.25, 0.3) is 5.91 Å². The zero-order chi connectivity index (χ0) is 21.9. The van der Waals surface area contributed by atoms with Crippen LogP contribution in [0, 0.1) is 0 Å². The lowest BCUT2D eigenvalue weighted by Gasteiger charge is -2.17. The molecular weight excluding hydrogens is 420 g/mol. The lowest BCUT2D eigenvalue weighted by Crippen LogP contribution is -2.31. The van der Waals surface area contributed by atoms with Crippen molar-refractivity contribution < 1.29 is 9.59 Å². The van der Waals surface area contributed by atoms with Gasteiger partial charge in [0, 0.05) is 51.7 Å². The minimum absolute atomic E-state index is 0.0423. The number of rotatable bonds is 7. The number of nitrogens with one attached hydrogen (secondary N) is 4. The van der Waals surface area contributed by atoms with Crippen molar-refractivity contribution in [1.82, 2.24) is 15.6 Å². The van der Waals surface area contributed by atoms with Crippen LogP contribution in [0.5, 0.6) is 0 Å². The number of fused-ring (bicyclic) bond motifs is 1. The number of hydrogen-bond donors (Lipinski definition) is 4. The van der Waals surface area contributed by atoms with E-state index in [4.69, 9.17) is 0 Å². The highest BCUT2D eigenvalue weighted by atomic mass is 32.1. The molecule has 0 bridgehead atoms. The van der Waals surface area contributed by atoms with Gasteiger partial charge in [-0.1, -0.05) is 30.3 Å². The average Bonchev–Trinajstić information content (AvgIpc) is 3.27. The molecule has 6 nitrogen and oxygen atoms in total. The smallest absolute Gasteiger partial charge is 0.319 e. The molecule has 7 heteroatoms. The highest BCUT2D eigenvalue weighted by molar-refractivity contribution is 7.10. The Bertz CT molecular complexity index is 1240. The first-order valence-corrected chi connectivity index (χ1v) is 11.6. The molecule has 0 spiro atoms. The van der Waals surface area contributed by atoms with Crippen LogP contribution in [0.3, 0.4) is 0 Å². The third-order valence-corrected chi connectivity index (χ3v) is 6.63. The van der Waals surface area contributed by atoms with Crippen molar-refractivity contribution in [1.29, 1.82) is 0 Å². The van der Waals surface area contributed by atoms with Gasteiger partial charge in [-0.3, -0.25) is 4.79 Å². The van der Waals surface area contributed by atoms with Gasteiger partial charge in [0.1, 0.15) is 0 Å². The van der Waals surface area contributed by atoms with Crippen LogP contribution < -0.4 is 16.0 Å². The number of urea groups is 1. The van der Waals surface area contributed by atoms with Gasteiger partial charge in [0.2, 0.25) is 0 Å². The number of hydrogen-bond acceptors (Lipinski definition) is 3. The van der Waals surface area contributed by atoms with E-state index in [2.05, 4.69) is 44.5 Å². The van der Waals surface area contributed by atoms with Crippen LogP contribution in [0.1, 0.15) is 39.6 Å². The van der Waals surface area contributed by atoms with Crippen LogP contribution in [0.2, 0.25) is 0 Å². The molecule has 1 atom stereocenters. The van der Waals surface area contributed by atoms with Crippen molar-refractivity contribution in [2.75, 3.05) is 11.9 Å². The molecule has 0 aliphatic heterocycles. The first-order chi connectivity index (χ1) is 15.7. The minimum atomic E-state index is -0.234. The van der Waals surface area contributed by atoms with Crippen molar-refractivity contribution in [3.05, 3.63) is 88.2 Å². The van der Waals surface area contributed by atoms with Crippen molar-refractivity contribution in [2.24, 2.45) is 0 Å². The fourth-order valence-corrected chi connectivity index (χ4v) is 4.70. The number of carbonyl (C=O) groups is 2. The number of anilines is 1. The summed E-state index contributed by atoms with van der Waals surface area (Å²) >= 11 is 1.68. The average molecular weight is 445 g/mol. The molecule has 1 aliphatic rings. The van der Waals surface area contributed by atoms with E-state index < -0.39 is 0 Å². The normalized spacial score (nSPS) is 14.1. The second-order valence-corrected chi connectivity index (χ2v) is 9.00. The molecule has 3 amide bonds. The van der Waals surface area contributed by atoms with Crippen LogP contribution >= 0.6 is 11.3 Å². The lowest BCUT2D eigenvalue weighted by atomic mass is 9.96. The quantitative estimate of drug-likeness (QED) is 0.321. The van der Waals surface area contributed by atoms with Crippen molar-refractivity contribution in [2.45, 2.75) is 24.8 Å². The molecule has 2 aromatic carbocycles. The van der Waals surface area contributed by atoms with Gasteiger partial charge in [0.05, 0.1) is 0 Å². The van der Waals surface area contributed by atoms with Crippen LogP contribution in [0.4, 0.5) is 10.5 Å². The summed E-state index contributed by atoms with van der Waals surface area (Å²) in [5.41, 5.74) is 3.36. The Labute approximate surface area is 190 Å². The molecule has 1 fully saturated rings. The third-order valence-electron chi connectivity index (χ3n) is 5.65. The molecule has 0 saturated heterocycles. The summed E-state index contributed by atoms with van der Waals surface area (Å²) < 4.78 is 0. The Kier molecular flexibility index (Phi) is 5.64. The fraction of sp³-hybridized carbons (Fsp3) is 0.200. The van der Waals surface area contributed by atoms with E-state index in [0.717, 1.165) is 29.3 Å². The largest absolute Gasteiger partial charge is 0.361 e. The lowest BCUT2D eigenvalue weighted by molar-refractivity contribution is 0.0952. The Morgan fingerprint density at radius 2 is 1.94 bits per heavy atom. The van der Waals surface area contributed by atoms with E-state index in [0.29, 0.717) is 17.8 Å². The van der Waals surface area contributed by atoms with Gasteiger partial charge in [0.15, 0.2) is 0 Å². The maximum Gasteiger partial charge on any atom is 0.319 e. The molecule has 32 heavy (non-hydrogen) atoms. The molecule has 2 aromatic heterocycles. The SMILES string of the molecule is O=C(Nc1cccc(C(=O)NCC(c2cccs2)c2c[nH]c3ccccc23)c1)NC1CC1.